The lowest BCUT2D eigenvalue weighted by molar-refractivity contribution is -0.151. The quantitative estimate of drug-likeness (QED) is 0.663. The van der Waals surface area contributed by atoms with E-state index in [1.54, 1.807) is 6.92 Å². The Morgan fingerprint density at radius 1 is 1.44 bits per heavy atom. The molecule has 0 radical (unpaired) electrons. The van der Waals surface area contributed by atoms with Gasteiger partial charge in [-0.15, -0.1) is 0 Å². The summed E-state index contributed by atoms with van der Waals surface area (Å²) in [4.78, 5) is 29.3. The van der Waals surface area contributed by atoms with E-state index in [1.807, 2.05) is 5.06 Å². The van der Waals surface area contributed by atoms with Gasteiger partial charge in [-0.25, -0.2) is 0 Å². The number of hydrogen-bond acceptors (Lipinski definition) is 6. The van der Waals surface area contributed by atoms with Crippen LogP contribution in [0.5, 0.6) is 0 Å². The van der Waals surface area contributed by atoms with E-state index in [0.29, 0.717) is 13.0 Å². The van der Waals surface area contributed by atoms with Crippen LogP contribution in [-0.2, 0) is 19.2 Å². The van der Waals surface area contributed by atoms with Gasteiger partial charge in [0.15, 0.2) is 5.12 Å². The molecule has 5 nitrogen and oxygen atoms in total. The summed E-state index contributed by atoms with van der Waals surface area (Å²) in [6.07, 6.45) is 2.54. The Hall–Kier alpha value is -0.590. The molecule has 0 N–H and O–H groups in total. The third-order valence-corrected chi connectivity index (χ3v) is 5.02. The fourth-order valence-corrected chi connectivity index (χ4v) is 4.16. The molecule has 0 saturated carbocycles. The second kappa shape index (κ2) is 4.83. The van der Waals surface area contributed by atoms with Gasteiger partial charge in [-0.2, -0.15) is 5.06 Å². The number of esters is 1. The van der Waals surface area contributed by atoms with E-state index in [-0.39, 0.29) is 34.4 Å². The molecule has 3 aliphatic heterocycles. The molecule has 0 aromatic carbocycles. The lowest BCUT2D eigenvalue weighted by Gasteiger charge is -2.21. The Balaban J connectivity index is 1.83. The van der Waals surface area contributed by atoms with Crippen LogP contribution in [0.25, 0.3) is 0 Å². The van der Waals surface area contributed by atoms with Crippen LogP contribution in [0.2, 0.25) is 0 Å². The van der Waals surface area contributed by atoms with Gasteiger partial charge in [0.1, 0.15) is 12.0 Å². The molecule has 0 spiro atoms. The zero-order chi connectivity index (χ0) is 12.7. The zero-order valence-electron chi connectivity index (χ0n) is 10.3. The summed E-state index contributed by atoms with van der Waals surface area (Å²) in [5.74, 6) is -0.368. The van der Waals surface area contributed by atoms with Gasteiger partial charge in [-0.1, -0.05) is 11.8 Å². The van der Waals surface area contributed by atoms with E-state index in [1.165, 1.54) is 11.8 Å². The van der Waals surface area contributed by atoms with Gasteiger partial charge in [0.2, 0.25) is 0 Å². The molecular formula is C12H17NO4S. The number of nitrogens with zero attached hydrogens (tertiary/aromatic N) is 1. The SMILES string of the molecule is CC(=O)S[C@@H]1CCOC(=O)[C@H]2[C@@H]1ON1CCC[C@H]21. The van der Waals surface area contributed by atoms with Crippen molar-refractivity contribution in [1.82, 2.24) is 5.06 Å². The van der Waals surface area contributed by atoms with Crippen molar-refractivity contribution >= 4 is 22.8 Å². The van der Waals surface area contributed by atoms with Crippen LogP contribution in [-0.4, -0.2) is 46.7 Å². The highest BCUT2D eigenvalue weighted by atomic mass is 32.2. The maximum atomic E-state index is 12.0. The molecular weight excluding hydrogens is 254 g/mol. The second-order valence-electron chi connectivity index (χ2n) is 5.05. The van der Waals surface area contributed by atoms with E-state index in [0.717, 1.165) is 19.4 Å². The third-order valence-electron chi connectivity index (χ3n) is 3.88. The van der Waals surface area contributed by atoms with Gasteiger partial charge < -0.3 is 4.74 Å². The van der Waals surface area contributed by atoms with E-state index < -0.39 is 0 Å². The third kappa shape index (κ3) is 2.06. The number of cyclic esters (lactones) is 1. The van der Waals surface area contributed by atoms with Gasteiger partial charge in [0.25, 0.3) is 0 Å². The minimum atomic E-state index is -0.216. The number of fused-ring (bicyclic) bond motifs is 3. The van der Waals surface area contributed by atoms with Crippen molar-refractivity contribution in [2.75, 3.05) is 13.2 Å². The first-order chi connectivity index (χ1) is 8.66. The monoisotopic (exact) mass is 271 g/mol. The average molecular weight is 271 g/mol. The molecule has 3 aliphatic rings. The highest BCUT2D eigenvalue weighted by Gasteiger charge is 2.54. The Bertz CT molecular complexity index is 375. The molecule has 3 heterocycles. The standard InChI is InChI=1S/C12H17NO4S/c1-7(14)18-9-4-6-16-12(15)10-8-3-2-5-13(8)17-11(9)10/h8-11H,2-6H2,1H3/t8-,9-,10-,11-/m1/s1. The number of hydroxylamine groups is 2. The van der Waals surface area contributed by atoms with Crippen molar-refractivity contribution < 1.29 is 19.2 Å². The largest absolute Gasteiger partial charge is 0.465 e. The Morgan fingerprint density at radius 3 is 3.06 bits per heavy atom. The second-order valence-corrected chi connectivity index (χ2v) is 6.47. The molecule has 18 heavy (non-hydrogen) atoms. The van der Waals surface area contributed by atoms with Gasteiger partial charge in [-0.3, -0.25) is 14.4 Å². The molecule has 0 aliphatic carbocycles. The molecule has 0 amide bonds. The summed E-state index contributed by atoms with van der Waals surface area (Å²) >= 11 is 1.28. The summed E-state index contributed by atoms with van der Waals surface area (Å²) in [7, 11) is 0. The Labute approximate surface area is 110 Å². The van der Waals surface area contributed by atoms with Crippen LogP contribution in [0.1, 0.15) is 26.2 Å². The first kappa shape index (κ1) is 12.4. The number of carbonyl (C=O) groups is 2. The lowest BCUT2D eigenvalue weighted by atomic mass is 9.91. The molecule has 3 rings (SSSR count). The van der Waals surface area contributed by atoms with Crippen molar-refractivity contribution in [2.45, 2.75) is 43.6 Å². The maximum Gasteiger partial charge on any atom is 0.313 e. The number of thioether (sulfide) groups is 1. The van der Waals surface area contributed by atoms with Crippen LogP contribution >= 0.6 is 11.8 Å². The number of carbonyl (C=O) groups excluding carboxylic acids is 2. The highest BCUT2D eigenvalue weighted by molar-refractivity contribution is 8.14. The van der Waals surface area contributed by atoms with Crippen LogP contribution in [0.15, 0.2) is 0 Å². The minimum absolute atomic E-state index is 0.0320. The average Bonchev–Trinajstić information content (AvgIpc) is 2.82. The van der Waals surface area contributed by atoms with Crippen molar-refractivity contribution in [3.8, 4) is 0 Å². The smallest absolute Gasteiger partial charge is 0.313 e. The molecule has 0 bridgehead atoms. The molecule has 3 fully saturated rings. The summed E-state index contributed by atoms with van der Waals surface area (Å²) in [5, 5.41) is 2.03. The van der Waals surface area contributed by atoms with Crippen LogP contribution < -0.4 is 0 Å². The van der Waals surface area contributed by atoms with Crippen molar-refractivity contribution in [3.63, 3.8) is 0 Å². The van der Waals surface area contributed by atoms with Crippen molar-refractivity contribution in [2.24, 2.45) is 5.92 Å². The fraction of sp³-hybridized carbons (Fsp3) is 0.833. The van der Waals surface area contributed by atoms with Gasteiger partial charge in [0, 0.05) is 18.7 Å². The predicted octanol–water partition coefficient (Wildman–Crippen LogP) is 0.976. The van der Waals surface area contributed by atoms with Crippen LogP contribution in [0, 0.1) is 5.92 Å². The number of rotatable bonds is 1. The topological polar surface area (TPSA) is 55.8 Å². The minimum Gasteiger partial charge on any atom is -0.465 e. The Morgan fingerprint density at radius 2 is 2.28 bits per heavy atom. The summed E-state index contributed by atoms with van der Waals surface area (Å²) in [6.45, 7) is 2.83. The molecule has 0 aromatic rings. The zero-order valence-corrected chi connectivity index (χ0v) is 11.1. The van der Waals surface area contributed by atoms with Gasteiger partial charge in [0.05, 0.1) is 12.6 Å². The molecule has 0 aromatic heterocycles. The van der Waals surface area contributed by atoms with E-state index in [2.05, 4.69) is 0 Å². The number of ether oxygens (including phenoxy) is 1. The normalized spacial score (nSPS) is 39.9. The first-order valence-electron chi connectivity index (χ1n) is 6.44. The maximum absolute atomic E-state index is 12.0. The summed E-state index contributed by atoms with van der Waals surface area (Å²) in [5.41, 5.74) is 0. The van der Waals surface area contributed by atoms with Crippen molar-refractivity contribution in [3.05, 3.63) is 0 Å². The van der Waals surface area contributed by atoms with Crippen molar-refractivity contribution in [1.29, 1.82) is 0 Å². The fourth-order valence-electron chi connectivity index (χ4n) is 3.16. The van der Waals surface area contributed by atoms with E-state index >= 15 is 0 Å². The van der Waals surface area contributed by atoms with Crippen LogP contribution in [0.3, 0.4) is 0 Å². The van der Waals surface area contributed by atoms with E-state index in [9.17, 15) is 9.59 Å². The number of hydrogen-bond donors (Lipinski definition) is 0. The molecule has 6 heteroatoms. The van der Waals surface area contributed by atoms with Crippen LogP contribution in [0.4, 0.5) is 0 Å². The Kier molecular flexibility index (Phi) is 3.34. The first-order valence-corrected chi connectivity index (χ1v) is 7.32. The molecule has 3 saturated heterocycles. The van der Waals surface area contributed by atoms with Gasteiger partial charge >= 0.3 is 5.97 Å². The lowest BCUT2D eigenvalue weighted by Crippen LogP contribution is -2.36. The van der Waals surface area contributed by atoms with E-state index in [4.69, 9.17) is 9.57 Å². The molecule has 4 atom stereocenters. The predicted molar refractivity (Wildman–Crippen MR) is 65.7 cm³/mol. The highest BCUT2D eigenvalue weighted by Crippen LogP contribution is 2.42. The molecule has 0 unspecified atom stereocenters. The molecule has 100 valence electrons. The van der Waals surface area contributed by atoms with Gasteiger partial charge in [-0.05, 0) is 19.3 Å². The summed E-state index contributed by atoms with van der Waals surface area (Å²) < 4.78 is 5.27. The summed E-state index contributed by atoms with van der Waals surface area (Å²) in [6, 6.07) is 0.149.